The molecule has 0 aliphatic rings. The van der Waals surface area contributed by atoms with Crippen LogP contribution < -0.4 is 10.5 Å². The van der Waals surface area contributed by atoms with Crippen LogP contribution in [0.3, 0.4) is 0 Å². The predicted octanol–water partition coefficient (Wildman–Crippen LogP) is 0.990. The zero-order valence-electron chi connectivity index (χ0n) is 11.7. The van der Waals surface area contributed by atoms with Crippen LogP contribution in [-0.4, -0.2) is 41.9 Å². The van der Waals surface area contributed by atoms with Gasteiger partial charge in [0.2, 0.25) is 10.0 Å². The fourth-order valence-electron chi connectivity index (χ4n) is 1.51. The minimum atomic E-state index is -3.44. The van der Waals surface area contributed by atoms with E-state index in [0.717, 1.165) is 12.8 Å². The van der Waals surface area contributed by atoms with Crippen molar-refractivity contribution < 1.29 is 17.9 Å². The molecule has 0 amide bonds. The number of benzene rings is 1. The molecule has 114 valence electrons. The summed E-state index contributed by atoms with van der Waals surface area (Å²) in [6, 6.07) is 6.12. The molecule has 1 aromatic carbocycles. The summed E-state index contributed by atoms with van der Waals surface area (Å²) in [4.78, 5) is 0.225. The number of nitrogens with two attached hydrogens (primary N) is 1. The van der Waals surface area contributed by atoms with Crippen molar-refractivity contribution in [3.05, 3.63) is 24.3 Å². The van der Waals surface area contributed by atoms with Crippen molar-refractivity contribution in [2.45, 2.75) is 17.7 Å². The molecule has 20 heavy (non-hydrogen) atoms. The lowest BCUT2D eigenvalue weighted by molar-refractivity contribution is 0.0689. The highest BCUT2D eigenvalue weighted by atomic mass is 32.2. The molecule has 1 aromatic rings. The Morgan fingerprint density at radius 1 is 1.10 bits per heavy atom. The smallest absolute Gasteiger partial charge is 0.240 e. The second kappa shape index (κ2) is 8.91. The van der Waals surface area contributed by atoms with Crippen molar-refractivity contribution in [1.82, 2.24) is 4.72 Å². The summed E-state index contributed by atoms with van der Waals surface area (Å²) in [6.45, 7) is 2.13. The number of ether oxygens (including phenoxy) is 2. The van der Waals surface area contributed by atoms with E-state index < -0.39 is 10.0 Å². The number of sulfonamides is 1. The van der Waals surface area contributed by atoms with Crippen LogP contribution in [0.1, 0.15) is 12.8 Å². The second-order valence-electron chi connectivity index (χ2n) is 4.28. The van der Waals surface area contributed by atoms with Crippen molar-refractivity contribution >= 4 is 15.7 Å². The van der Waals surface area contributed by atoms with E-state index in [0.29, 0.717) is 32.1 Å². The maximum absolute atomic E-state index is 11.9. The largest absolute Gasteiger partial charge is 0.399 e. The fraction of sp³-hybridized carbons (Fsp3) is 0.538. The molecule has 7 heteroatoms. The van der Waals surface area contributed by atoms with Crippen LogP contribution in [0.15, 0.2) is 29.2 Å². The van der Waals surface area contributed by atoms with Gasteiger partial charge < -0.3 is 15.2 Å². The molecule has 0 aliphatic carbocycles. The molecular formula is C13H22N2O4S. The summed E-state index contributed by atoms with van der Waals surface area (Å²) in [6.07, 6.45) is 1.52. The molecule has 0 saturated heterocycles. The molecule has 0 spiro atoms. The molecule has 0 saturated carbocycles. The zero-order chi connectivity index (χ0) is 14.8. The van der Waals surface area contributed by atoms with Crippen molar-refractivity contribution in [2.24, 2.45) is 0 Å². The van der Waals surface area contributed by atoms with Gasteiger partial charge in [-0.25, -0.2) is 13.1 Å². The number of methoxy groups -OCH3 is 1. The first kappa shape index (κ1) is 16.9. The third-order valence-electron chi connectivity index (χ3n) is 2.63. The minimum Gasteiger partial charge on any atom is -0.399 e. The van der Waals surface area contributed by atoms with Gasteiger partial charge in [-0.15, -0.1) is 0 Å². The highest BCUT2D eigenvalue weighted by Gasteiger charge is 2.12. The normalized spacial score (nSPS) is 11.7. The Labute approximate surface area is 120 Å². The quantitative estimate of drug-likeness (QED) is 0.497. The highest BCUT2D eigenvalue weighted by Crippen LogP contribution is 2.11. The summed E-state index contributed by atoms with van der Waals surface area (Å²) in [7, 11) is -1.82. The van der Waals surface area contributed by atoms with Gasteiger partial charge in [0.25, 0.3) is 0 Å². The Bertz CT molecular complexity index is 474. The van der Waals surface area contributed by atoms with E-state index in [4.69, 9.17) is 15.2 Å². The first-order valence-corrected chi connectivity index (χ1v) is 7.96. The van der Waals surface area contributed by atoms with E-state index in [2.05, 4.69) is 4.72 Å². The van der Waals surface area contributed by atoms with Crippen molar-refractivity contribution in [2.75, 3.05) is 39.2 Å². The molecule has 0 radical (unpaired) electrons. The van der Waals surface area contributed by atoms with Crippen molar-refractivity contribution in [1.29, 1.82) is 0 Å². The van der Waals surface area contributed by atoms with Crippen LogP contribution in [0, 0.1) is 0 Å². The first-order valence-electron chi connectivity index (χ1n) is 6.48. The third kappa shape index (κ3) is 6.33. The van der Waals surface area contributed by atoms with Crippen LogP contribution in [0.25, 0.3) is 0 Å². The lowest BCUT2D eigenvalue weighted by Gasteiger charge is -2.07. The number of anilines is 1. The van der Waals surface area contributed by atoms with Crippen LogP contribution >= 0.6 is 0 Å². The SMILES string of the molecule is COCCOCCCCNS(=O)(=O)c1ccc(N)cc1. The van der Waals surface area contributed by atoms with Gasteiger partial charge in [-0.2, -0.15) is 0 Å². The van der Waals surface area contributed by atoms with E-state index in [-0.39, 0.29) is 4.90 Å². The lowest BCUT2D eigenvalue weighted by atomic mass is 10.3. The molecular weight excluding hydrogens is 280 g/mol. The Kier molecular flexibility index (Phi) is 7.53. The Balaban J connectivity index is 2.22. The standard InChI is InChI=1S/C13H22N2O4S/c1-18-10-11-19-9-3-2-8-15-20(16,17)13-6-4-12(14)5-7-13/h4-7,15H,2-3,8-11,14H2,1H3. The topological polar surface area (TPSA) is 90.6 Å². The number of rotatable bonds is 10. The van der Waals surface area contributed by atoms with E-state index in [1.165, 1.54) is 12.1 Å². The summed E-state index contributed by atoms with van der Waals surface area (Å²) in [5, 5.41) is 0. The van der Waals surface area contributed by atoms with Gasteiger partial charge in [-0.3, -0.25) is 0 Å². The second-order valence-corrected chi connectivity index (χ2v) is 6.05. The van der Waals surface area contributed by atoms with Gasteiger partial charge in [-0.1, -0.05) is 0 Å². The number of nitrogens with one attached hydrogen (secondary N) is 1. The molecule has 1 rings (SSSR count). The maximum Gasteiger partial charge on any atom is 0.240 e. The van der Waals surface area contributed by atoms with Crippen molar-refractivity contribution in [3.8, 4) is 0 Å². The fourth-order valence-corrected chi connectivity index (χ4v) is 2.58. The van der Waals surface area contributed by atoms with Gasteiger partial charge >= 0.3 is 0 Å². The monoisotopic (exact) mass is 302 g/mol. The maximum atomic E-state index is 11.9. The van der Waals surface area contributed by atoms with Crippen LogP contribution in [0.2, 0.25) is 0 Å². The Morgan fingerprint density at radius 3 is 2.45 bits per heavy atom. The number of nitrogen functional groups attached to an aromatic ring is 1. The van der Waals surface area contributed by atoms with Crippen LogP contribution in [0.4, 0.5) is 5.69 Å². The van der Waals surface area contributed by atoms with Crippen LogP contribution in [-0.2, 0) is 19.5 Å². The number of hydrogen-bond donors (Lipinski definition) is 2. The summed E-state index contributed by atoms with van der Waals surface area (Å²) < 4.78 is 36.5. The van der Waals surface area contributed by atoms with E-state index in [1.54, 1.807) is 19.2 Å². The molecule has 6 nitrogen and oxygen atoms in total. The third-order valence-corrected chi connectivity index (χ3v) is 4.11. The van der Waals surface area contributed by atoms with Gasteiger partial charge in [0.1, 0.15) is 0 Å². The summed E-state index contributed by atoms with van der Waals surface area (Å²) in [5.41, 5.74) is 6.06. The molecule has 0 unspecified atom stereocenters. The zero-order valence-corrected chi connectivity index (χ0v) is 12.5. The molecule has 0 atom stereocenters. The Hall–Kier alpha value is -1.15. The summed E-state index contributed by atoms with van der Waals surface area (Å²) in [5.74, 6) is 0. The molecule has 0 fully saturated rings. The first-order chi connectivity index (χ1) is 9.56. The number of hydrogen-bond acceptors (Lipinski definition) is 5. The van der Waals surface area contributed by atoms with E-state index in [9.17, 15) is 8.42 Å². The lowest BCUT2D eigenvalue weighted by Crippen LogP contribution is -2.25. The molecule has 0 bridgehead atoms. The van der Waals surface area contributed by atoms with E-state index in [1.807, 2.05) is 0 Å². The van der Waals surface area contributed by atoms with Gasteiger partial charge in [0.15, 0.2) is 0 Å². The highest BCUT2D eigenvalue weighted by molar-refractivity contribution is 7.89. The van der Waals surface area contributed by atoms with Gasteiger partial charge in [0, 0.05) is 25.9 Å². The summed E-state index contributed by atoms with van der Waals surface area (Å²) >= 11 is 0. The molecule has 0 heterocycles. The molecule has 3 N–H and O–H groups in total. The average Bonchev–Trinajstić information content (AvgIpc) is 2.42. The average molecular weight is 302 g/mol. The van der Waals surface area contributed by atoms with Crippen molar-refractivity contribution in [3.63, 3.8) is 0 Å². The Morgan fingerprint density at radius 2 is 1.80 bits per heavy atom. The van der Waals surface area contributed by atoms with Crippen LogP contribution in [0.5, 0.6) is 0 Å². The van der Waals surface area contributed by atoms with Gasteiger partial charge in [-0.05, 0) is 37.1 Å². The molecule has 0 aromatic heterocycles. The minimum absolute atomic E-state index is 0.225. The van der Waals surface area contributed by atoms with E-state index >= 15 is 0 Å². The molecule has 0 aliphatic heterocycles. The number of unbranched alkanes of at least 4 members (excludes halogenated alkanes) is 1. The van der Waals surface area contributed by atoms with Gasteiger partial charge in [0.05, 0.1) is 18.1 Å². The predicted molar refractivity (Wildman–Crippen MR) is 78.0 cm³/mol.